The van der Waals surface area contributed by atoms with Crippen LogP contribution in [0, 0.1) is 22.0 Å². The highest BCUT2D eigenvalue weighted by Gasteiger charge is 2.36. The van der Waals surface area contributed by atoms with Crippen LogP contribution in [0.5, 0.6) is 11.5 Å². The van der Waals surface area contributed by atoms with E-state index < -0.39 is 4.92 Å². The Morgan fingerprint density at radius 3 is 2.33 bits per heavy atom. The van der Waals surface area contributed by atoms with E-state index in [1.807, 2.05) is 18.2 Å². The number of carbonyl (C=O) groups is 1. The van der Waals surface area contributed by atoms with Gasteiger partial charge in [-0.25, -0.2) is 0 Å². The lowest BCUT2D eigenvalue weighted by atomic mass is 9.85. The molecule has 0 N–H and O–H groups in total. The Balaban J connectivity index is 1.73. The Bertz CT molecular complexity index is 833. The summed E-state index contributed by atoms with van der Waals surface area (Å²) in [4.78, 5) is 22.5. The molecule has 0 radical (unpaired) electrons. The van der Waals surface area contributed by atoms with Crippen molar-refractivity contribution in [3.63, 3.8) is 0 Å². The van der Waals surface area contributed by atoms with E-state index in [1.165, 1.54) is 12.1 Å². The van der Waals surface area contributed by atoms with Crippen molar-refractivity contribution in [2.24, 2.45) is 11.8 Å². The highest BCUT2D eigenvalue weighted by molar-refractivity contribution is 5.75. The van der Waals surface area contributed by atoms with Gasteiger partial charge in [0.2, 0.25) is 0 Å². The van der Waals surface area contributed by atoms with E-state index in [4.69, 9.17) is 14.2 Å². The van der Waals surface area contributed by atoms with Crippen LogP contribution < -0.4 is 9.47 Å². The number of carbonyl (C=O) groups excluding carboxylic acids is 1. The van der Waals surface area contributed by atoms with Crippen molar-refractivity contribution in [3.05, 3.63) is 63.7 Å². The van der Waals surface area contributed by atoms with Gasteiger partial charge in [0.25, 0.3) is 5.69 Å². The molecule has 0 spiro atoms. The Hall–Kier alpha value is -3.09. The van der Waals surface area contributed by atoms with Gasteiger partial charge in [-0.3, -0.25) is 14.9 Å². The van der Waals surface area contributed by atoms with E-state index >= 15 is 0 Å². The number of cyclic esters (lactones) is 1. The quantitative estimate of drug-likeness (QED) is 0.422. The number of esters is 1. The molecule has 0 aliphatic carbocycles. The minimum atomic E-state index is -0.437. The van der Waals surface area contributed by atoms with Gasteiger partial charge in [0.1, 0.15) is 0 Å². The smallest absolute Gasteiger partial charge is 0.309 e. The fourth-order valence-corrected chi connectivity index (χ4v) is 3.37. The van der Waals surface area contributed by atoms with E-state index in [-0.39, 0.29) is 23.5 Å². The van der Waals surface area contributed by atoms with Crippen molar-refractivity contribution >= 4 is 11.7 Å². The van der Waals surface area contributed by atoms with Crippen molar-refractivity contribution in [2.45, 2.75) is 12.8 Å². The van der Waals surface area contributed by atoms with Crippen LogP contribution in [0.15, 0.2) is 42.5 Å². The van der Waals surface area contributed by atoms with E-state index in [0.717, 1.165) is 11.1 Å². The minimum Gasteiger partial charge on any atom is -0.493 e. The number of non-ortho nitro benzene ring substituents is 1. The molecular formula is C20H21NO6. The molecule has 0 aromatic heterocycles. The van der Waals surface area contributed by atoms with E-state index in [1.54, 1.807) is 26.4 Å². The molecule has 2 aromatic carbocycles. The highest BCUT2D eigenvalue weighted by Crippen LogP contribution is 2.33. The van der Waals surface area contributed by atoms with Crippen LogP contribution >= 0.6 is 0 Å². The molecule has 1 fully saturated rings. The normalized spacial score (nSPS) is 18.8. The average molecular weight is 371 g/mol. The summed E-state index contributed by atoms with van der Waals surface area (Å²) in [7, 11) is 3.17. The fraction of sp³-hybridized carbons (Fsp3) is 0.350. The Morgan fingerprint density at radius 2 is 1.70 bits per heavy atom. The Labute approximate surface area is 157 Å². The molecule has 3 rings (SSSR count). The molecule has 1 heterocycles. The maximum absolute atomic E-state index is 12.2. The molecule has 0 bridgehead atoms. The third kappa shape index (κ3) is 4.19. The summed E-state index contributed by atoms with van der Waals surface area (Å²) >= 11 is 0. The Morgan fingerprint density at radius 1 is 1.04 bits per heavy atom. The molecule has 0 saturated carbocycles. The Kier molecular flexibility index (Phi) is 5.59. The summed E-state index contributed by atoms with van der Waals surface area (Å²) in [5.74, 6) is 0.832. The van der Waals surface area contributed by atoms with Gasteiger partial charge in [-0.15, -0.1) is 0 Å². The molecule has 27 heavy (non-hydrogen) atoms. The number of rotatable bonds is 7. The molecule has 7 heteroatoms. The van der Waals surface area contributed by atoms with Gasteiger partial charge in [-0.2, -0.15) is 0 Å². The van der Waals surface area contributed by atoms with Gasteiger partial charge in [-0.1, -0.05) is 18.2 Å². The monoisotopic (exact) mass is 371 g/mol. The zero-order valence-corrected chi connectivity index (χ0v) is 15.2. The number of nitro benzene ring substituents is 1. The van der Waals surface area contributed by atoms with Crippen molar-refractivity contribution in [3.8, 4) is 11.5 Å². The molecule has 7 nitrogen and oxygen atoms in total. The van der Waals surface area contributed by atoms with Crippen LogP contribution in [0.2, 0.25) is 0 Å². The van der Waals surface area contributed by atoms with Crippen LogP contribution in [0.4, 0.5) is 5.69 Å². The standard InChI is InChI=1S/C20H21NO6/c1-25-18-8-5-14(11-19(18)26-2)9-15-12-27-20(22)17(15)10-13-3-6-16(7-4-13)21(23)24/h3-8,11,15,17H,9-10,12H2,1-2H3. The first kappa shape index (κ1) is 18.7. The molecule has 2 unspecified atom stereocenters. The van der Waals surface area contributed by atoms with Crippen molar-refractivity contribution in [1.82, 2.24) is 0 Å². The third-order valence-corrected chi connectivity index (χ3v) is 4.86. The zero-order valence-electron chi connectivity index (χ0n) is 15.2. The van der Waals surface area contributed by atoms with Crippen LogP contribution in [-0.2, 0) is 22.4 Å². The van der Waals surface area contributed by atoms with Crippen LogP contribution in [0.25, 0.3) is 0 Å². The average Bonchev–Trinajstić information content (AvgIpc) is 3.01. The van der Waals surface area contributed by atoms with E-state index in [9.17, 15) is 14.9 Å². The number of methoxy groups -OCH3 is 2. The second-order valence-corrected chi connectivity index (χ2v) is 6.52. The van der Waals surface area contributed by atoms with Crippen molar-refractivity contribution < 1.29 is 23.9 Å². The predicted molar refractivity (Wildman–Crippen MR) is 98.0 cm³/mol. The summed E-state index contributed by atoms with van der Waals surface area (Å²) < 4.78 is 15.9. The van der Waals surface area contributed by atoms with Gasteiger partial charge >= 0.3 is 5.97 Å². The van der Waals surface area contributed by atoms with Crippen LogP contribution in [0.1, 0.15) is 11.1 Å². The molecule has 142 valence electrons. The summed E-state index contributed by atoms with van der Waals surface area (Å²) in [5, 5.41) is 10.8. The SMILES string of the molecule is COc1ccc(CC2COC(=O)C2Cc2ccc([N+](=O)[O-])cc2)cc1OC. The van der Waals surface area contributed by atoms with Gasteiger partial charge < -0.3 is 14.2 Å². The zero-order chi connectivity index (χ0) is 19.4. The minimum absolute atomic E-state index is 0.0331. The number of benzene rings is 2. The van der Waals surface area contributed by atoms with Crippen LogP contribution in [-0.4, -0.2) is 31.7 Å². The highest BCUT2D eigenvalue weighted by atomic mass is 16.6. The number of nitrogens with zero attached hydrogens (tertiary/aromatic N) is 1. The lowest BCUT2D eigenvalue weighted by Crippen LogP contribution is -2.20. The number of hydrogen-bond donors (Lipinski definition) is 0. The lowest BCUT2D eigenvalue weighted by Gasteiger charge is -2.16. The second-order valence-electron chi connectivity index (χ2n) is 6.52. The molecule has 1 saturated heterocycles. The maximum Gasteiger partial charge on any atom is 0.309 e. The molecule has 2 aromatic rings. The number of ether oxygens (including phenoxy) is 3. The first-order valence-corrected chi connectivity index (χ1v) is 8.62. The fourth-order valence-electron chi connectivity index (χ4n) is 3.37. The van der Waals surface area contributed by atoms with Gasteiger partial charge in [0.15, 0.2) is 11.5 Å². The second kappa shape index (κ2) is 8.07. The topological polar surface area (TPSA) is 87.9 Å². The summed E-state index contributed by atoms with van der Waals surface area (Å²) in [6.45, 7) is 0.366. The molecular weight excluding hydrogens is 350 g/mol. The lowest BCUT2D eigenvalue weighted by molar-refractivity contribution is -0.384. The van der Waals surface area contributed by atoms with E-state index in [0.29, 0.717) is 30.9 Å². The number of hydrogen-bond acceptors (Lipinski definition) is 6. The number of nitro groups is 1. The first-order chi connectivity index (χ1) is 13.0. The molecule has 1 aliphatic rings. The molecule has 2 atom stereocenters. The van der Waals surface area contributed by atoms with Crippen LogP contribution in [0.3, 0.4) is 0 Å². The summed E-state index contributed by atoms with van der Waals surface area (Å²) in [6.07, 6.45) is 1.17. The summed E-state index contributed by atoms with van der Waals surface area (Å²) in [6, 6.07) is 12.0. The first-order valence-electron chi connectivity index (χ1n) is 8.62. The van der Waals surface area contributed by atoms with Gasteiger partial charge in [0, 0.05) is 18.1 Å². The molecule has 0 amide bonds. The maximum atomic E-state index is 12.2. The summed E-state index contributed by atoms with van der Waals surface area (Å²) in [5.41, 5.74) is 1.95. The largest absolute Gasteiger partial charge is 0.493 e. The third-order valence-electron chi connectivity index (χ3n) is 4.86. The predicted octanol–water partition coefficient (Wildman–Crippen LogP) is 3.19. The van der Waals surface area contributed by atoms with Crippen molar-refractivity contribution in [2.75, 3.05) is 20.8 Å². The van der Waals surface area contributed by atoms with Gasteiger partial charge in [0.05, 0.1) is 31.7 Å². The molecule has 1 aliphatic heterocycles. The van der Waals surface area contributed by atoms with E-state index in [2.05, 4.69) is 0 Å². The van der Waals surface area contributed by atoms with Gasteiger partial charge in [-0.05, 0) is 36.1 Å². The van der Waals surface area contributed by atoms with Crippen molar-refractivity contribution in [1.29, 1.82) is 0 Å².